The first kappa shape index (κ1) is 21.6. The van der Waals surface area contributed by atoms with E-state index in [1.807, 2.05) is 0 Å². The molecule has 31 heavy (non-hydrogen) atoms. The lowest BCUT2D eigenvalue weighted by Crippen LogP contribution is -2.45. The second-order valence-electron chi connectivity index (χ2n) is 7.57. The van der Waals surface area contributed by atoms with Gasteiger partial charge in [0, 0.05) is 24.2 Å². The van der Waals surface area contributed by atoms with Crippen molar-refractivity contribution in [3.8, 4) is 5.75 Å². The molecule has 0 aliphatic carbocycles. The third-order valence-corrected chi connectivity index (χ3v) is 7.69. The molecule has 2 amide bonds. The molecule has 0 saturated carbocycles. The average molecular weight is 464 g/mol. The molecule has 2 aromatic rings. The number of carbonyl (C=O) groups is 2. The Kier molecular flexibility index (Phi) is 5.92. The van der Waals surface area contributed by atoms with Gasteiger partial charge in [0.05, 0.1) is 10.6 Å². The number of halogens is 1. The number of ether oxygens (including phenoxy) is 1. The Morgan fingerprint density at radius 2 is 2.03 bits per heavy atom. The second kappa shape index (κ2) is 8.49. The predicted molar refractivity (Wildman–Crippen MR) is 116 cm³/mol. The van der Waals surface area contributed by atoms with Crippen LogP contribution in [0.5, 0.6) is 5.75 Å². The molecule has 1 fully saturated rings. The van der Waals surface area contributed by atoms with Crippen LogP contribution in [0.1, 0.15) is 24.0 Å². The van der Waals surface area contributed by atoms with Gasteiger partial charge in [-0.05, 0) is 49.1 Å². The van der Waals surface area contributed by atoms with E-state index in [2.05, 4.69) is 10.6 Å². The molecule has 0 aromatic heterocycles. The Labute approximate surface area is 185 Å². The van der Waals surface area contributed by atoms with Crippen molar-refractivity contribution in [1.82, 2.24) is 9.62 Å². The highest BCUT2D eigenvalue weighted by Gasteiger charge is 2.40. The van der Waals surface area contributed by atoms with Crippen LogP contribution in [0, 0.1) is 6.92 Å². The first-order valence-corrected chi connectivity index (χ1v) is 11.7. The van der Waals surface area contributed by atoms with E-state index in [4.69, 9.17) is 16.3 Å². The molecule has 0 radical (unpaired) electrons. The van der Waals surface area contributed by atoms with Crippen molar-refractivity contribution in [1.29, 1.82) is 0 Å². The summed E-state index contributed by atoms with van der Waals surface area (Å²) in [6.07, 6.45) is 1.04. The number of benzene rings is 2. The van der Waals surface area contributed by atoms with Crippen molar-refractivity contribution >= 4 is 39.1 Å². The Bertz CT molecular complexity index is 1130. The van der Waals surface area contributed by atoms with E-state index >= 15 is 0 Å². The van der Waals surface area contributed by atoms with Gasteiger partial charge in [0.25, 0.3) is 5.91 Å². The van der Waals surface area contributed by atoms with Gasteiger partial charge < -0.3 is 15.4 Å². The third-order valence-electron chi connectivity index (χ3n) is 5.38. The number of hydrogen-bond acceptors (Lipinski definition) is 5. The van der Waals surface area contributed by atoms with E-state index in [1.54, 1.807) is 37.3 Å². The first-order chi connectivity index (χ1) is 14.8. The smallest absolute Gasteiger partial charge is 0.262 e. The Hall–Kier alpha value is -2.62. The van der Waals surface area contributed by atoms with Crippen LogP contribution in [-0.4, -0.2) is 43.7 Å². The van der Waals surface area contributed by atoms with Crippen molar-refractivity contribution in [2.75, 3.05) is 18.5 Å². The minimum Gasteiger partial charge on any atom is -0.482 e. The van der Waals surface area contributed by atoms with Crippen LogP contribution in [-0.2, 0) is 26.2 Å². The van der Waals surface area contributed by atoms with E-state index in [0.717, 1.165) is 5.56 Å². The van der Waals surface area contributed by atoms with E-state index < -0.39 is 16.1 Å². The zero-order valence-electron chi connectivity index (χ0n) is 16.9. The van der Waals surface area contributed by atoms with Gasteiger partial charge in [0.1, 0.15) is 11.8 Å². The van der Waals surface area contributed by atoms with E-state index in [1.165, 1.54) is 10.4 Å². The van der Waals surface area contributed by atoms with Gasteiger partial charge in [-0.3, -0.25) is 9.59 Å². The minimum absolute atomic E-state index is 0.0693. The zero-order valence-corrected chi connectivity index (χ0v) is 18.4. The molecule has 10 heteroatoms. The monoisotopic (exact) mass is 463 g/mol. The molecule has 164 valence electrons. The van der Waals surface area contributed by atoms with Crippen molar-refractivity contribution < 1.29 is 22.7 Å². The van der Waals surface area contributed by atoms with Gasteiger partial charge in [0.2, 0.25) is 15.9 Å². The van der Waals surface area contributed by atoms with Crippen LogP contribution in [0.3, 0.4) is 0 Å². The number of nitrogens with one attached hydrogen (secondary N) is 2. The lowest BCUT2D eigenvalue weighted by molar-refractivity contribution is -0.124. The maximum atomic E-state index is 13.4. The van der Waals surface area contributed by atoms with Gasteiger partial charge in [-0.1, -0.05) is 23.7 Å². The molecule has 8 nitrogen and oxygen atoms in total. The molecule has 0 bridgehead atoms. The van der Waals surface area contributed by atoms with Gasteiger partial charge in [-0.15, -0.1) is 0 Å². The fraction of sp³-hybridized carbons (Fsp3) is 0.333. The van der Waals surface area contributed by atoms with Crippen LogP contribution in [0.2, 0.25) is 5.02 Å². The summed E-state index contributed by atoms with van der Waals surface area (Å²) < 4.78 is 33.5. The fourth-order valence-corrected chi connectivity index (χ4v) is 5.83. The summed E-state index contributed by atoms with van der Waals surface area (Å²) in [6, 6.07) is 9.29. The molecule has 4 rings (SSSR count). The van der Waals surface area contributed by atoms with Gasteiger partial charge >= 0.3 is 0 Å². The van der Waals surface area contributed by atoms with E-state index in [0.29, 0.717) is 34.9 Å². The number of aryl methyl sites for hydroxylation is 1. The number of anilines is 1. The molecular formula is C21H22ClN3O5S. The van der Waals surface area contributed by atoms with Crippen LogP contribution in [0.4, 0.5) is 5.69 Å². The van der Waals surface area contributed by atoms with Crippen LogP contribution in [0.15, 0.2) is 41.3 Å². The van der Waals surface area contributed by atoms with Crippen LogP contribution < -0.4 is 15.4 Å². The molecule has 2 N–H and O–H groups in total. The van der Waals surface area contributed by atoms with Gasteiger partial charge in [-0.2, -0.15) is 4.31 Å². The third kappa shape index (κ3) is 4.39. The first-order valence-electron chi connectivity index (χ1n) is 9.87. The number of nitrogens with zero attached hydrogens (tertiary/aromatic N) is 1. The SMILES string of the molecule is Cc1cc2c(cc1S(=O)(=O)N1CCC[C@@H]1C(=O)NCc1ccc(Cl)cc1)OCC(=O)N2. The van der Waals surface area contributed by atoms with Crippen molar-refractivity contribution in [3.05, 3.63) is 52.5 Å². The summed E-state index contributed by atoms with van der Waals surface area (Å²) in [5.41, 5.74) is 1.78. The molecule has 2 aliphatic rings. The number of sulfonamides is 1. The summed E-state index contributed by atoms with van der Waals surface area (Å²) in [6.45, 7) is 2.02. The van der Waals surface area contributed by atoms with Crippen molar-refractivity contribution in [2.24, 2.45) is 0 Å². The molecule has 2 aromatic carbocycles. The lowest BCUT2D eigenvalue weighted by atomic mass is 10.2. The molecular weight excluding hydrogens is 442 g/mol. The standard InChI is InChI=1S/C21H22ClN3O5S/c1-13-9-16-18(30-12-20(26)24-16)10-19(13)31(28,29)25-8-2-3-17(25)21(27)23-11-14-4-6-15(22)7-5-14/h4-7,9-10,17H,2-3,8,11-12H2,1H3,(H,23,27)(H,24,26)/t17-/m1/s1. The molecule has 0 spiro atoms. The van der Waals surface area contributed by atoms with Crippen LogP contribution in [0.25, 0.3) is 0 Å². The number of carbonyl (C=O) groups excluding carboxylic acids is 2. The van der Waals surface area contributed by atoms with Crippen LogP contribution >= 0.6 is 11.6 Å². The van der Waals surface area contributed by atoms with E-state index in [-0.39, 0.29) is 36.4 Å². The largest absolute Gasteiger partial charge is 0.482 e. The number of rotatable bonds is 5. The topological polar surface area (TPSA) is 105 Å². The lowest BCUT2D eigenvalue weighted by Gasteiger charge is -2.26. The summed E-state index contributed by atoms with van der Waals surface area (Å²) in [7, 11) is -3.94. The number of amides is 2. The highest BCUT2D eigenvalue weighted by atomic mass is 35.5. The van der Waals surface area contributed by atoms with Gasteiger partial charge in [-0.25, -0.2) is 8.42 Å². The molecule has 1 atom stereocenters. The maximum absolute atomic E-state index is 13.4. The highest BCUT2D eigenvalue weighted by Crippen LogP contribution is 2.36. The average Bonchev–Trinajstić information content (AvgIpc) is 3.23. The molecule has 1 saturated heterocycles. The minimum atomic E-state index is -3.94. The van der Waals surface area contributed by atoms with E-state index in [9.17, 15) is 18.0 Å². The Balaban J connectivity index is 1.54. The summed E-state index contributed by atoms with van der Waals surface area (Å²) in [4.78, 5) is 24.4. The molecule has 2 heterocycles. The Morgan fingerprint density at radius 1 is 1.29 bits per heavy atom. The van der Waals surface area contributed by atoms with Gasteiger partial charge in [0.15, 0.2) is 6.61 Å². The summed E-state index contributed by atoms with van der Waals surface area (Å²) >= 11 is 5.88. The Morgan fingerprint density at radius 3 is 2.77 bits per heavy atom. The normalized spacial score (nSPS) is 18.8. The second-order valence-corrected chi connectivity index (χ2v) is 9.86. The zero-order chi connectivity index (χ0) is 22.2. The fourth-order valence-electron chi connectivity index (χ4n) is 3.82. The highest BCUT2D eigenvalue weighted by molar-refractivity contribution is 7.89. The van der Waals surface area contributed by atoms with Crippen molar-refractivity contribution in [3.63, 3.8) is 0 Å². The predicted octanol–water partition coefficient (Wildman–Crippen LogP) is 2.45. The summed E-state index contributed by atoms with van der Waals surface area (Å²) in [5.74, 6) is -0.332. The summed E-state index contributed by atoms with van der Waals surface area (Å²) in [5, 5.41) is 6.09. The number of fused-ring (bicyclic) bond motifs is 1. The number of hydrogen-bond donors (Lipinski definition) is 2. The molecule has 2 aliphatic heterocycles. The molecule has 0 unspecified atom stereocenters. The quantitative estimate of drug-likeness (QED) is 0.708. The maximum Gasteiger partial charge on any atom is 0.262 e. The van der Waals surface area contributed by atoms with Crippen molar-refractivity contribution in [2.45, 2.75) is 37.2 Å².